The van der Waals surface area contributed by atoms with Crippen LogP contribution in [0, 0.1) is 27.4 Å². The standard InChI is InChI=1S/C14H14Cl2N2O3/c1-14(2)10(7-11(15)16)12(14)13(19)17-8-4-3-5-9(6-8)18(20)21/h3-7,10,12H,1-2H3,(H,17,19)/t10-,12-/m0/s1. The van der Waals surface area contributed by atoms with Gasteiger partial charge in [0.1, 0.15) is 4.49 Å². The van der Waals surface area contributed by atoms with Gasteiger partial charge in [-0.25, -0.2) is 0 Å². The number of rotatable bonds is 4. The first-order chi connectivity index (χ1) is 9.73. The fraction of sp³-hybridized carbons (Fsp3) is 0.357. The van der Waals surface area contributed by atoms with Crippen LogP contribution in [0.25, 0.3) is 0 Å². The average molecular weight is 329 g/mol. The van der Waals surface area contributed by atoms with Gasteiger partial charge in [0.2, 0.25) is 5.91 Å². The Morgan fingerprint density at radius 1 is 1.43 bits per heavy atom. The molecule has 7 heteroatoms. The van der Waals surface area contributed by atoms with Crippen LogP contribution in [0.3, 0.4) is 0 Å². The van der Waals surface area contributed by atoms with Crippen LogP contribution in [0.1, 0.15) is 13.8 Å². The van der Waals surface area contributed by atoms with E-state index in [-0.39, 0.29) is 33.3 Å². The molecule has 0 heterocycles. The molecule has 2 rings (SSSR count). The van der Waals surface area contributed by atoms with Gasteiger partial charge in [-0.15, -0.1) is 0 Å². The number of benzene rings is 1. The average Bonchev–Trinajstić information content (AvgIpc) is 2.90. The number of carbonyl (C=O) groups is 1. The second-order valence-corrected chi connectivity index (χ2v) is 6.59. The smallest absolute Gasteiger partial charge is 0.271 e. The molecule has 1 amide bonds. The lowest BCUT2D eigenvalue weighted by Gasteiger charge is -2.05. The van der Waals surface area contributed by atoms with Crippen molar-refractivity contribution in [3.05, 3.63) is 44.9 Å². The number of allylic oxidation sites excluding steroid dienone is 1. The first-order valence-corrected chi connectivity index (χ1v) is 7.07. The number of nitrogens with one attached hydrogen (secondary N) is 1. The van der Waals surface area contributed by atoms with Crippen molar-refractivity contribution in [1.29, 1.82) is 0 Å². The van der Waals surface area contributed by atoms with Gasteiger partial charge >= 0.3 is 0 Å². The SMILES string of the molecule is CC1(C)[C@H](C(=O)Nc2cccc([N+](=O)[O-])c2)[C@@H]1C=C(Cl)Cl. The molecule has 1 aliphatic rings. The van der Waals surface area contributed by atoms with Gasteiger partial charge in [0.05, 0.1) is 10.8 Å². The third kappa shape index (κ3) is 3.36. The number of nitro groups is 1. The van der Waals surface area contributed by atoms with Crippen molar-refractivity contribution in [2.45, 2.75) is 13.8 Å². The number of carbonyl (C=O) groups excluding carboxylic acids is 1. The zero-order valence-electron chi connectivity index (χ0n) is 11.5. The van der Waals surface area contributed by atoms with Crippen LogP contribution < -0.4 is 5.32 Å². The van der Waals surface area contributed by atoms with Crippen LogP contribution in [0.5, 0.6) is 0 Å². The molecule has 1 N–H and O–H groups in total. The topological polar surface area (TPSA) is 72.2 Å². The van der Waals surface area contributed by atoms with Crippen molar-refractivity contribution in [1.82, 2.24) is 0 Å². The minimum Gasteiger partial charge on any atom is -0.326 e. The van der Waals surface area contributed by atoms with Crippen LogP contribution in [0.15, 0.2) is 34.8 Å². The Morgan fingerprint density at radius 2 is 2.10 bits per heavy atom. The summed E-state index contributed by atoms with van der Waals surface area (Å²) in [6, 6.07) is 5.83. The van der Waals surface area contributed by atoms with E-state index in [9.17, 15) is 14.9 Å². The monoisotopic (exact) mass is 328 g/mol. The number of hydrogen-bond donors (Lipinski definition) is 1. The Bertz CT molecular complexity index is 624. The number of halogens is 2. The van der Waals surface area contributed by atoms with E-state index >= 15 is 0 Å². The maximum absolute atomic E-state index is 12.3. The number of amides is 1. The third-order valence-electron chi connectivity index (χ3n) is 3.82. The van der Waals surface area contributed by atoms with E-state index in [0.717, 1.165) is 0 Å². The molecule has 0 radical (unpaired) electrons. The maximum atomic E-state index is 12.3. The van der Waals surface area contributed by atoms with Crippen LogP contribution in [-0.2, 0) is 4.79 Å². The first-order valence-electron chi connectivity index (χ1n) is 6.31. The molecule has 1 saturated carbocycles. The lowest BCUT2D eigenvalue weighted by atomic mass is 10.1. The molecule has 1 aromatic rings. The van der Waals surface area contributed by atoms with Gasteiger partial charge in [0.25, 0.3) is 5.69 Å². The van der Waals surface area contributed by atoms with Gasteiger partial charge in [0, 0.05) is 17.8 Å². The summed E-state index contributed by atoms with van der Waals surface area (Å²) in [5.41, 5.74) is 0.0968. The molecule has 112 valence electrons. The molecule has 0 saturated heterocycles. The first kappa shape index (κ1) is 15.8. The molecule has 1 fully saturated rings. The van der Waals surface area contributed by atoms with Crippen LogP contribution in [0.4, 0.5) is 11.4 Å². The van der Waals surface area contributed by atoms with Crippen molar-refractivity contribution in [2.75, 3.05) is 5.32 Å². The molecule has 0 unspecified atom stereocenters. The molecule has 21 heavy (non-hydrogen) atoms. The van der Waals surface area contributed by atoms with E-state index in [4.69, 9.17) is 23.2 Å². The number of nitrogens with zero attached hydrogens (tertiary/aromatic N) is 1. The summed E-state index contributed by atoms with van der Waals surface area (Å²) in [5, 5.41) is 13.4. The summed E-state index contributed by atoms with van der Waals surface area (Å²) in [5.74, 6) is -0.498. The Kier molecular flexibility index (Phi) is 4.25. The molecule has 0 aliphatic heterocycles. The predicted molar refractivity (Wildman–Crippen MR) is 82.3 cm³/mol. The van der Waals surface area contributed by atoms with Gasteiger partial charge in [-0.2, -0.15) is 0 Å². The number of anilines is 1. The second-order valence-electron chi connectivity index (χ2n) is 5.58. The van der Waals surface area contributed by atoms with Gasteiger partial charge in [-0.05, 0) is 23.5 Å². The lowest BCUT2D eigenvalue weighted by molar-refractivity contribution is -0.384. The van der Waals surface area contributed by atoms with E-state index in [2.05, 4.69) is 5.32 Å². The Morgan fingerprint density at radius 3 is 2.67 bits per heavy atom. The second kappa shape index (κ2) is 5.66. The van der Waals surface area contributed by atoms with Crippen LogP contribution in [0.2, 0.25) is 0 Å². The summed E-state index contributed by atoms with van der Waals surface area (Å²) in [7, 11) is 0. The van der Waals surface area contributed by atoms with Crippen molar-refractivity contribution in [3.63, 3.8) is 0 Å². The Labute approximate surface area is 132 Å². The van der Waals surface area contributed by atoms with E-state index in [1.54, 1.807) is 12.1 Å². The minimum absolute atomic E-state index is 0.0406. The molecule has 0 bridgehead atoms. The normalized spacial score (nSPS) is 22.3. The number of hydrogen-bond acceptors (Lipinski definition) is 3. The van der Waals surface area contributed by atoms with Crippen molar-refractivity contribution >= 4 is 40.5 Å². The van der Waals surface area contributed by atoms with Gasteiger partial charge in [0.15, 0.2) is 0 Å². The van der Waals surface area contributed by atoms with E-state index in [0.29, 0.717) is 5.69 Å². The summed E-state index contributed by atoms with van der Waals surface area (Å²) in [4.78, 5) is 22.5. The van der Waals surface area contributed by atoms with Gasteiger partial charge in [-0.3, -0.25) is 14.9 Å². The van der Waals surface area contributed by atoms with Crippen LogP contribution in [-0.4, -0.2) is 10.8 Å². The highest BCUT2D eigenvalue weighted by molar-refractivity contribution is 6.55. The number of non-ortho nitro benzene ring substituents is 1. The van der Waals surface area contributed by atoms with Crippen molar-refractivity contribution in [3.8, 4) is 0 Å². The summed E-state index contributed by atoms with van der Waals surface area (Å²) >= 11 is 11.3. The zero-order chi connectivity index (χ0) is 15.8. The van der Waals surface area contributed by atoms with Crippen molar-refractivity contribution in [2.24, 2.45) is 17.3 Å². The molecular weight excluding hydrogens is 315 g/mol. The molecule has 1 aromatic carbocycles. The zero-order valence-corrected chi connectivity index (χ0v) is 13.0. The highest BCUT2D eigenvalue weighted by Gasteiger charge is 2.60. The summed E-state index contributed by atoms with van der Waals surface area (Å²) in [6.07, 6.45) is 1.65. The Hall–Kier alpha value is -1.59. The quantitative estimate of drug-likeness (QED) is 0.667. The molecule has 0 aromatic heterocycles. The fourth-order valence-electron chi connectivity index (χ4n) is 2.54. The molecule has 2 atom stereocenters. The summed E-state index contributed by atoms with van der Waals surface area (Å²) < 4.78 is 0.138. The lowest BCUT2D eigenvalue weighted by Crippen LogP contribution is -2.16. The van der Waals surface area contributed by atoms with E-state index in [1.165, 1.54) is 18.2 Å². The highest BCUT2D eigenvalue weighted by Crippen LogP contribution is 2.60. The predicted octanol–water partition coefficient (Wildman–Crippen LogP) is 4.12. The molecule has 1 aliphatic carbocycles. The molecule has 0 spiro atoms. The van der Waals surface area contributed by atoms with Gasteiger partial charge in [-0.1, -0.05) is 43.1 Å². The molecule has 5 nitrogen and oxygen atoms in total. The van der Waals surface area contributed by atoms with Gasteiger partial charge < -0.3 is 5.32 Å². The largest absolute Gasteiger partial charge is 0.326 e. The third-order valence-corrected chi connectivity index (χ3v) is 4.08. The van der Waals surface area contributed by atoms with Crippen molar-refractivity contribution < 1.29 is 9.72 Å². The minimum atomic E-state index is -0.504. The summed E-state index contributed by atoms with van der Waals surface area (Å²) in [6.45, 7) is 3.89. The Balaban J connectivity index is 2.11. The fourth-order valence-corrected chi connectivity index (χ4v) is 2.81. The maximum Gasteiger partial charge on any atom is 0.271 e. The highest BCUT2D eigenvalue weighted by atomic mass is 35.5. The van der Waals surface area contributed by atoms with E-state index < -0.39 is 4.92 Å². The van der Waals surface area contributed by atoms with E-state index in [1.807, 2.05) is 13.8 Å². The van der Waals surface area contributed by atoms with Crippen LogP contribution >= 0.6 is 23.2 Å². The number of nitro benzene ring substituents is 1. The molecular formula is C14H14Cl2N2O3.